The van der Waals surface area contributed by atoms with E-state index in [0.29, 0.717) is 13.1 Å². The molecule has 1 aromatic carbocycles. The molecule has 1 aromatic rings. The number of amides is 1. The Morgan fingerprint density at radius 2 is 2.18 bits per heavy atom. The number of carbonyl (C=O) groups is 1. The van der Waals surface area contributed by atoms with Crippen LogP contribution in [0.4, 0.5) is 5.69 Å². The predicted octanol–water partition coefficient (Wildman–Crippen LogP) is 0.814. The topological polar surface area (TPSA) is 49.6 Å². The highest BCUT2D eigenvalue weighted by Gasteiger charge is 2.18. The van der Waals surface area contributed by atoms with Crippen molar-refractivity contribution in [2.45, 2.75) is 13.0 Å². The largest absolute Gasteiger partial charge is 0.362 e. The first-order valence-electron chi connectivity index (χ1n) is 5.98. The second-order valence-corrected chi connectivity index (χ2v) is 4.46. The monoisotopic (exact) mass is 233 g/mol. The van der Waals surface area contributed by atoms with Crippen molar-refractivity contribution in [1.82, 2.24) is 4.90 Å². The molecule has 0 atom stereocenters. The van der Waals surface area contributed by atoms with Crippen LogP contribution in [0.1, 0.15) is 12.0 Å². The zero-order valence-electron chi connectivity index (χ0n) is 10.2. The number of rotatable bonds is 2. The molecular formula is C13H19N3O. The van der Waals surface area contributed by atoms with Gasteiger partial charge < -0.3 is 15.5 Å². The number of nitrogens with zero attached hydrogens (tertiary/aromatic N) is 2. The summed E-state index contributed by atoms with van der Waals surface area (Å²) in [7, 11) is 1.86. The first-order chi connectivity index (χ1) is 8.20. The molecule has 1 fully saturated rings. The van der Waals surface area contributed by atoms with Crippen LogP contribution < -0.4 is 10.6 Å². The third kappa shape index (κ3) is 2.77. The smallest absolute Gasteiger partial charge is 0.241 e. The van der Waals surface area contributed by atoms with Gasteiger partial charge in [0.1, 0.15) is 0 Å². The van der Waals surface area contributed by atoms with Crippen molar-refractivity contribution in [3.63, 3.8) is 0 Å². The van der Waals surface area contributed by atoms with Gasteiger partial charge in [0.05, 0.1) is 6.54 Å². The van der Waals surface area contributed by atoms with Gasteiger partial charge in [-0.3, -0.25) is 4.79 Å². The fourth-order valence-electron chi connectivity index (χ4n) is 2.09. The minimum atomic E-state index is 0.181. The summed E-state index contributed by atoms with van der Waals surface area (Å²) < 4.78 is 0. The Bertz CT molecular complexity index is 405. The molecule has 0 aliphatic carbocycles. The van der Waals surface area contributed by atoms with Gasteiger partial charge in [0.2, 0.25) is 5.91 Å². The van der Waals surface area contributed by atoms with Gasteiger partial charge in [-0.15, -0.1) is 0 Å². The molecule has 2 N–H and O–H groups in total. The average Bonchev–Trinajstić information content (AvgIpc) is 2.52. The number of hydrogen-bond donors (Lipinski definition) is 1. The van der Waals surface area contributed by atoms with Gasteiger partial charge in [0, 0.05) is 32.4 Å². The van der Waals surface area contributed by atoms with E-state index in [0.717, 1.165) is 30.8 Å². The molecule has 17 heavy (non-hydrogen) atoms. The fourth-order valence-corrected chi connectivity index (χ4v) is 2.09. The highest BCUT2D eigenvalue weighted by Crippen LogP contribution is 2.18. The standard InChI is InChI=1S/C13H19N3O/c1-15-6-3-7-16(10-13(15)17)12-5-2-4-11(8-12)9-14/h2,4-5,8H,3,6-7,9-10,14H2,1H3. The second-order valence-electron chi connectivity index (χ2n) is 4.46. The van der Waals surface area contributed by atoms with Gasteiger partial charge >= 0.3 is 0 Å². The van der Waals surface area contributed by atoms with Gasteiger partial charge in [-0.1, -0.05) is 12.1 Å². The summed E-state index contributed by atoms with van der Waals surface area (Å²) in [6.07, 6.45) is 1.01. The van der Waals surface area contributed by atoms with E-state index in [1.165, 1.54) is 0 Å². The zero-order chi connectivity index (χ0) is 12.3. The van der Waals surface area contributed by atoms with Crippen LogP contribution in [0.2, 0.25) is 0 Å². The molecule has 4 nitrogen and oxygen atoms in total. The summed E-state index contributed by atoms with van der Waals surface area (Å²) in [5, 5.41) is 0. The lowest BCUT2D eigenvalue weighted by molar-refractivity contribution is -0.127. The molecule has 1 heterocycles. The third-order valence-corrected chi connectivity index (χ3v) is 3.18. The predicted molar refractivity (Wildman–Crippen MR) is 68.8 cm³/mol. The number of likely N-dealkylation sites (N-methyl/N-ethyl adjacent to an activating group) is 1. The molecule has 4 heteroatoms. The van der Waals surface area contributed by atoms with E-state index in [1.807, 2.05) is 25.2 Å². The Labute approximate surface area is 102 Å². The van der Waals surface area contributed by atoms with Crippen LogP contribution in [0.5, 0.6) is 0 Å². The zero-order valence-corrected chi connectivity index (χ0v) is 10.2. The Kier molecular flexibility index (Phi) is 3.64. The van der Waals surface area contributed by atoms with Crippen LogP contribution >= 0.6 is 0 Å². The van der Waals surface area contributed by atoms with Crippen molar-refractivity contribution >= 4 is 11.6 Å². The summed E-state index contributed by atoms with van der Waals surface area (Å²) in [5.41, 5.74) is 7.83. The molecule has 2 rings (SSSR count). The Balaban J connectivity index is 2.17. The minimum Gasteiger partial charge on any atom is -0.362 e. The highest BCUT2D eigenvalue weighted by molar-refractivity contribution is 5.81. The molecule has 0 bridgehead atoms. The molecule has 92 valence electrons. The summed E-state index contributed by atoms with van der Waals surface area (Å²) in [6.45, 7) is 2.76. The van der Waals surface area contributed by atoms with Gasteiger partial charge in [0.25, 0.3) is 0 Å². The van der Waals surface area contributed by atoms with Gasteiger partial charge in [-0.25, -0.2) is 0 Å². The molecular weight excluding hydrogens is 214 g/mol. The summed E-state index contributed by atoms with van der Waals surface area (Å²) in [4.78, 5) is 15.7. The first-order valence-corrected chi connectivity index (χ1v) is 5.98. The highest BCUT2D eigenvalue weighted by atomic mass is 16.2. The molecule has 1 amide bonds. The number of benzene rings is 1. The molecule has 0 aromatic heterocycles. The Morgan fingerprint density at radius 3 is 2.94 bits per heavy atom. The van der Waals surface area contributed by atoms with Crippen molar-refractivity contribution in [3.05, 3.63) is 29.8 Å². The van der Waals surface area contributed by atoms with E-state index < -0.39 is 0 Å². The number of anilines is 1. The number of carbonyl (C=O) groups excluding carboxylic acids is 1. The first kappa shape index (κ1) is 11.9. The molecule has 1 aliphatic heterocycles. The van der Waals surface area contributed by atoms with Crippen LogP contribution in [-0.4, -0.2) is 37.5 Å². The normalized spacial score (nSPS) is 17.2. The van der Waals surface area contributed by atoms with Crippen molar-refractivity contribution in [3.8, 4) is 0 Å². The van der Waals surface area contributed by atoms with E-state index in [9.17, 15) is 4.79 Å². The maximum atomic E-state index is 11.8. The summed E-state index contributed by atoms with van der Waals surface area (Å²) >= 11 is 0. The Hall–Kier alpha value is -1.55. The maximum absolute atomic E-state index is 11.8. The number of nitrogens with two attached hydrogens (primary N) is 1. The summed E-state index contributed by atoms with van der Waals surface area (Å²) in [5.74, 6) is 0.181. The number of hydrogen-bond acceptors (Lipinski definition) is 3. The van der Waals surface area contributed by atoms with Crippen LogP contribution in [0.3, 0.4) is 0 Å². The van der Waals surface area contributed by atoms with Crippen LogP contribution in [0, 0.1) is 0 Å². The minimum absolute atomic E-state index is 0.181. The van der Waals surface area contributed by atoms with Gasteiger partial charge in [-0.05, 0) is 24.1 Å². The second kappa shape index (κ2) is 5.19. The van der Waals surface area contributed by atoms with Gasteiger partial charge in [0.15, 0.2) is 0 Å². The van der Waals surface area contributed by atoms with Crippen molar-refractivity contribution in [2.75, 3.05) is 31.6 Å². The van der Waals surface area contributed by atoms with Crippen LogP contribution in [0.15, 0.2) is 24.3 Å². The molecule has 1 aliphatic rings. The van der Waals surface area contributed by atoms with Crippen LogP contribution in [-0.2, 0) is 11.3 Å². The molecule has 0 radical (unpaired) electrons. The lowest BCUT2D eigenvalue weighted by atomic mass is 10.2. The van der Waals surface area contributed by atoms with E-state index in [2.05, 4.69) is 11.0 Å². The molecule has 0 saturated carbocycles. The third-order valence-electron chi connectivity index (χ3n) is 3.18. The quantitative estimate of drug-likeness (QED) is 0.822. The fraction of sp³-hybridized carbons (Fsp3) is 0.462. The van der Waals surface area contributed by atoms with E-state index in [4.69, 9.17) is 5.73 Å². The maximum Gasteiger partial charge on any atom is 0.241 e. The Morgan fingerprint density at radius 1 is 1.35 bits per heavy atom. The lowest BCUT2D eigenvalue weighted by Gasteiger charge is -2.22. The summed E-state index contributed by atoms with van der Waals surface area (Å²) in [6, 6.07) is 8.11. The average molecular weight is 233 g/mol. The molecule has 1 saturated heterocycles. The SMILES string of the molecule is CN1CCCN(c2cccc(CN)c2)CC1=O. The van der Waals surface area contributed by atoms with Crippen molar-refractivity contribution in [1.29, 1.82) is 0 Å². The van der Waals surface area contributed by atoms with Crippen molar-refractivity contribution in [2.24, 2.45) is 5.73 Å². The van der Waals surface area contributed by atoms with E-state index >= 15 is 0 Å². The lowest BCUT2D eigenvalue weighted by Crippen LogP contribution is -2.34. The molecule has 0 spiro atoms. The van der Waals surface area contributed by atoms with Crippen LogP contribution in [0.25, 0.3) is 0 Å². The van der Waals surface area contributed by atoms with Gasteiger partial charge in [-0.2, -0.15) is 0 Å². The molecule has 0 unspecified atom stereocenters. The van der Waals surface area contributed by atoms with E-state index in [-0.39, 0.29) is 5.91 Å². The van der Waals surface area contributed by atoms with E-state index in [1.54, 1.807) is 4.90 Å². The van der Waals surface area contributed by atoms with Crippen molar-refractivity contribution < 1.29 is 4.79 Å².